The minimum atomic E-state index is -1.28. The summed E-state index contributed by atoms with van der Waals surface area (Å²) in [7, 11) is 0. The first kappa shape index (κ1) is 56.0. The Morgan fingerprint density at radius 3 is 1.35 bits per heavy atom. The molecule has 0 aliphatic carbocycles. The number of rotatable bonds is 37. The molecule has 1 heterocycles. The fraction of sp³-hybridized carbons (Fsp3) is 0.576. The minimum absolute atomic E-state index is 0.153. The highest BCUT2D eigenvalue weighted by Crippen LogP contribution is 2.32. The molecule has 10 nitrogen and oxygen atoms in total. The molecule has 0 radical (unpaired) electrons. The summed E-state index contributed by atoms with van der Waals surface area (Å²) < 4.78 is 40.2. The first-order valence-electron chi connectivity index (χ1n) is 26.4. The molecule has 5 rings (SSSR count). The first-order chi connectivity index (χ1) is 33.9. The third kappa shape index (κ3) is 22.3. The number of carbonyl (C=O) groups excluding carboxylic acids is 1. The number of aliphatic hydroxyl groups is 2. The third-order valence-electron chi connectivity index (χ3n) is 13.1. The number of hydrogen-bond donors (Lipinski definition) is 3. The molecule has 8 atom stereocenters. The molecule has 4 aromatic carbocycles. The van der Waals surface area contributed by atoms with Crippen molar-refractivity contribution in [2.45, 2.75) is 205 Å². The Bertz CT molecular complexity index is 1860. The van der Waals surface area contributed by atoms with Crippen molar-refractivity contribution in [2.24, 2.45) is 0 Å². The predicted octanol–water partition coefficient (Wildman–Crippen LogP) is 12.0. The smallest absolute Gasteiger partial charge is 0.217 e. The van der Waals surface area contributed by atoms with Crippen LogP contribution in [0.25, 0.3) is 0 Å². The van der Waals surface area contributed by atoms with Gasteiger partial charge in [-0.15, -0.1) is 0 Å². The van der Waals surface area contributed by atoms with Crippen molar-refractivity contribution in [2.75, 3.05) is 13.2 Å². The van der Waals surface area contributed by atoms with Crippen LogP contribution in [0.1, 0.15) is 152 Å². The lowest BCUT2D eigenvalue weighted by atomic mass is 9.97. The lowest BCUT2D eigenvalue weighted by molar-refractivity contribution is -0.330. The van der Waals surface area contributed by atoms with Crippen molar-refractivity contribution in [3.8, 4) is 0 Å². The van der Waals surface area contributed by atoms with Crippen LogP contribution in [0.5, 0.6) is 0 Å². The zero-order valence-electron chi connectivity index (χ0n) is 41.9. The van der Waals surface area contributed by atoms with Gasteiger partial charge in [0.2, 0.25) is 5.91 Å². The summed E-state index contributed by atoms with van der Waals surface area (Å²) >= 11 is 0. The van der Waals surface area contributed by atoms with Crippen molar-refractivity contribution in [1.29, 1.82) is 0 Å². The van der Waals surface area contributed by atoms with Crippen molar-refractivity contribution in [3.63, 3.8) is 0 Å². The molecule has 0 bridgehead atoms. The van der Waals surface area contributed by atoms with Crippen LogP contribution >= 0.6 is 0 Å². The van der Waals surface area contributed by atoms with E-state index in [1.165, 1.54) is 96.8 Å². The van der Waals surface area contributed by atoms with E-state index in [2.05, 4.69) is 12.2 Å². The molecule has 1 saturated heterocycles. The van der Waals surface area contributed by atoms with Crippen LogP contribution in [0, 0.1) is 0 Å². The van der Waals surface area contributed by atoms with Crippen molar-refractivity contribution >= 4 is 5.91 Å². The zero-order chi connectivity index (χ0) is 48.6. The highest BCUT2D eigenvalue weighted by molar-refractivity contribution is 5.73. The SMILES string of the molecule is CCCCCCCCCCCCCCCCCCC[C@@H](O)[C@@H](O)[C@H](CO[C@H]1O[C@H](COCc2ccccc2)[C@H](OCc2ccccc2)[C@H](OCc2ccccc2)[C@H]1OCc1ccccc1)NC(C)=O. The van der Waals surface area contributed by atoms with E-state index in [9.17, 15) is 15.0 Å². The second-order valence-corrected chi connectivity index (χ2v) is 19.0. The summed E-state index contributed by atoms with van der Waals surface area (Å²) in [5.41, 5.74) is 3.93. The van der Waals surface area contributed by atoms with Crippen LogP contribution in [0.4, 0.5) is 0 Å². The van der Waals surface area contributed by atoms with E-state index in [4.69, 9.17) is 28.4 Å². The van der Waals surface area contributed by atoms with Crippen molar-refractivity contribution in [3.05, 3.63) is 144 Å². The number of amides is 1. The molecule has 3 N–H and O–H groups in total. The number of hydrogen-bond acceptors (Lipinski definition) is 9. The van der Waals surface area contributed by atoms with Crippen LogP contribution in [0.3, 0.4) is 0 Å². The number of nitrogens with one attached hydrogen (secondary N) is 1. The number of aliphatic hydroxyl groups excluding tert-OH is 2. The van der Waals surface area contributed by atoms with Crippen molar-refractivity contribution in [1.82, 2.24) is 5.32 Å². The Hall–Kier alpha value is -3.97. The Kier molecular flexibility index (Phi) is 27.9. The van der Waals surface area contributed by atoms with E-state index >= 15 is 0 Å². The molecule has 1 amide bonds. The van der Waals surface area contributed by atoms with Crippen LogP contribution in [0.2, 0.25) is 0 Å². The van der Waals surface area contributed by atoms with Crippen molar-refractivity contribution < 1.29 is 43.4 Å². The molecule has 1 aliphatic heterocycles. The second-order valence-electron chi connectivity index (χ2n) is 19.0. The van der Waals surface area contributed by atoms with Gasteiger partial charge in [-0.3, -0.25) is 4.79 Å². The molecule has 0 unspecified atom stereocenters. The highest BCUT2D eigenvalue weighted by Gasteiger charge is 2.49. The lowest BCUT2D eigenvalue weighted by Crippen LogP contribution is -2.62. The molecule has 0 aromatic heterocycles. The van der Waals surface area contributed by atoms with Gasteiger partial charge in [-0.05, 0) is 28.7 Å². The molecule has 1 aliphatic rings. The summed E-state index contributed by atoms with van der Waals surface area (Å²) in [5, 5.41) is 25.7. The normalized spacial score (nSPS) is 19.5. The fourth-order valence-electron chi connectivity index (χ4n) is 9.08. The second kappa shape index (κ2) is 34.4. The number of carbonyl (C=O) groups is 1. The summed E-state index contributed by atoms with van der Waals surface area (Å²) in [6, 6.07) is 38.8. The quantitative estimate of drug-likeness (QED) is 0.0379. The largest absolute Gasteiger partial charge is 0.390 e. The van der Waals surface area contributed by atoms with Crippen LogP contribution < -0.4 is 5.32 Å². The minimum Gasteiger partial charge on any atom is -0.390 e. The van der Waals surface area contributed by atoms with Gasteiger partial charge in [0.05, 0.1) is 51.8 Å². The third-order valence-corrected chi connectivity index (χ3v) is 13.1. The van der Waals surface area contributed by atoms with Gasteiger partial charge in [0.15, 0.2) is 6.29 Å². The summed E-state index contributed by atoms with van der Waals surface area (Å²) in [6.45, 7) is 4.81. The molecule has 1 fully saturated rings. The van der Waals surface area contributed by atoms with E-state index < -0.39 is 49.0 Å². The standard InChI is InChI=1S/C59H85NO9/c1-3-4-5-6-7-8-9-10-11-12-13-14-15-16-17-18-31-40-53(62)55(63)52(60-47(2)61)45-68-59-58(67-44-51-38-29-22-30-39-51)57(66-43-50-36-27-21-28-37-50)56(65-42-49-34-25-20-26-35-49)54(69-59)46-64-41-48-32-23-19-24-33-48/h19-30,32-39,52-59,62-63H,3-18,31,40-46H2,1-2H3,(H,60,61)/t52-,53+,54+,55-,56-,57-,58+,59-/m0/s1. The van der Waals surface area contributed by atoms with Gasteiger partial charge < -0.3 is 44.0 Å². The average Bonchev–Trinajstić information content (AvgIpc) is 3.37. The number of ether oxygens (including phenoxy) is 6. The summed E-state index contributed by atoms with van der Waals surface area (Å²) in [6.07, 6.45) is 15.8. The highest BCUT2D eigenvalue weighted by atomic mass is 16.7. The predicted molar refractivity (Wildman–Crippen MR) is 274 cm³/mol. The van der Waals surface area contributed by atoms with E-state index in [1.54, 1.807) is 0 Å². The Morgan fingerprint density at radius 1 is 0.522 bits per heavy atom. The first-order valence-corrected chi connectivity index (χ1v) is 26.4. The maximum absolute atomic E-state index is 12.6. The molecular weight excluding hydrogens is 867 g/mol. The van der Waals surface area contributed by atoms with E-state index in [1.807, 2.05) is 121 Å². The van der Waals surface area contributed by atoms with Gasteiger partial charge in [-0.2, -0.15) is 0 Å². The van der Waals surface area contributed by atoms with Gasteiger partial charge >= 0.3 is 0 Å². The molecule has 380 valence electrons. The fourth-order valence-corrected chi connectivity index (χ4v) is 9.08. The Balaban J connectivity index is 1.21. The Labute approximate surface area is 414 Å². The molecule has 0 saturated carbocycles. The lowest BCUT2D eigenvalue weighted by Gasteiger charge is -2.46. The average molecular weight is 952 g/mol. The summed E-state index contributed by atoms with van der Waals surface area (Å²) in [5.74, 6) is -0.347. The molecule has 4 aromatic rings. The molecule has 69 heavy (non-hydrogen) atoms. The summed E-state index contributed by atoms with van der Waals surface area (Å²) in [4.78, 5) is 12.6. The topological polar surface area (TPSA) is 125 Å². The van der Waals surface area contributed by atoms with Crippen LogP contribution in [-0.4, -0.2) is 78.3 Å². The zero-order valence-corrected chi connectivity index (χ0v) is 41.9. The van der Waals surface area contributed by atoms with E-state index in [-0.39, 0.29) is 32.3 Å². The maximum Gasteiger partial charge on any atom is 0.217 e. The van der Waals surface area contributed by atoms with Gasteiger partial charge in [-0.25, -0.2) is 0 Å². The molecule has 10 heteroatoms. The maximum atomic E-state index is 12.6. The number of benzene rings is 4. The van der Waals surface area contributed by atoms with Gasteiger partial charge in [0.1, 0.15) is 30.5 Å². The Morgan fingerprint density at radius 2 is 0.913 bits per heavy atom. The molecule has 0 spiro atoms. The monoisotopic (exact) mass is 952 g/mol. The molecular formula is C59H85NO9. The number of unbranched alkanes of at least 4 members (excludes halogenated alkanes) is 16. The van der Waals surface area contributed by atoms with Gasteiger partial charge in [-0.1, -0.05) is 237 Å². The van der Waals surface area contributed by atoms with Crippen LogP contribution in [0.15, 0.2) is 121 Å². The van der Waals surface area contributed by atoms with Gasteiger partial charge in [0.25, 0.3) is 0 Å². The van der Waals surface area contributed by atoms with Crippen LogP contribution in [-0.2, 0) is 59.6 Å². The van der Waals surface area contributed by atoms with E-state index in [0.717, 1.165) is 41.5 Å². The van der Waals surface area contributed by atoms with Gasteiger partial charge in [0, 0.05) is 6.92 Å². The van der Waals surface area contributed by atoms with E-state index in [0.29, 0.717) is 19.6 Å².